The highest BCUT2D eigenvalue weighted by atomic mass is 16.4. The summed E-state index contributed by atoms with van der Waals surface area (Å²) in [6.45, 7) is 2.44. The topological polar surface area (TPSA) is 106 Å². The molecule has 0 aliphatic heterocycles. The van der Waals surface area contributed by atoms with E-state index in [2.05, 4.69) is 15.6 Å². The summed E-state index contributed by atoms with van der Waals surface area (Å²) in [6, 6.07) is 0. The number of oxime groups is 1. The molecule has 1 aromatic heterocycles. The van der Waals surface area contributed by atoms with E-state index in [-0.39, 0.29) is 11.7 Å². The molecule has 1 amide bonds. The second-order valence-electron chi connectivity index (χ2n) is 5.23. The number of amides is 1. The van der Waals surface area contributed by atoms with Crippen molar-refractivity contribution in [1.29, 1.82) is 0 Å². The highest BCUT2D eigenvalue weighted by molar-refractivity contribution is 6.07. The number of amidine groups is 1. The quantitative estimate of drug-likeness (QED) is 0.316. The van der Waals surface area contributed by atoms with E-state index in [1.165, 1.54) is 0 Å². The molecule has 7 nitrogen and oxygen atoms in total. The Morgan fingerprint density at radius 2 is 2.35 bits per heavy atom. The van der Waals surface area contributed by atoms with Crippen LogP contribution in [0.2, 0.25) is 0 Å². The minimum atomic E-state index is -0.830. The van der Waals surface area contributed by atoms with Crippen molar-refractivity contribution in [3.8, 4) is 0 Å². The first-order valence-corrected chi connectivity index (χ1v) is 6.81. The first-order valence-electron chi connectivity index (χ1n) is 6.81. The molecule has 0 saturated heterocycles. The molecule has 0 radical (unpaired) electrons. The Morgan fingerprint density at radius 1 is 1.65 bits per heavy atom. The minimum Gasteiger partial charge on any atom is -0.409 e. The first kappa shape index (κ1) is 14.4. The number of nitrogens with zero attached hydrogens (tertiary/aromatic N) is 3. The fraction of sp³-hybridized carbons (Fsp3) is 0.615. The van der Waals surface area contributed by atoms with Crippen LogP contribution >= 0.6 is 0 Å². The molecule has 0 atom stereocenters. The van der Waals surface area contributed by atoms with E-state index < -0.39 is 5.41 Å². The molecule has 1 aliphatic carbocycles. The predicted molar refractivity (Wildman–Crippen MR) is 74.1 cm³/mol. The van der Waals surface area contributed by atoms with Gasteiger partial charge in [0.05, 0.1) is 5.69 Å². The molecule has 0 aromatic carbocycles. The highest BCUT2D eigenvalue weighted by Crippen LogP contribution is 2.41. The van der Waals surface area contributed by atoms with E-state index in [4.69, 9.17) is 10.9 Å². The van der Waals surface area contributed by atoms with Crippen LogP contribution < -0.4 is 11.1 Å². The molecule has 1 saturated carbocycles. The lowest BCUT2D eigenvalue weighted by atomic mass is 9.67. The van der Waals surface area contributed by atoms with Crippen LogP contribution in [0.3, 0.4) is 0 Å². The number of hydrogen-bond acceptors (Lipinski definition) is 4. The van der Waals surface area contributed by atoms with Crippen LogP contribution in [0.25, 0.3) is 0 Å². The average molecular weight is 279 g/mol. The molecule has 1 aromatic rings. The van der Waals surface area contributed by atoms with E-state index in [0.717, 1.165) is 24.1 Å². The van der Waals surface area contributed by atoms with Crippen LogP contribution in [-0.2, 0) is 24.8 Å². The highest BCUT2D eigenvalue weighted by Gasteiger charge is 2.48. The molecule has 0 spiro atoms. The Balaban J connectivity index is 2.05. The zero-order valence-electron chi connectivity index (χ0n) is 11.9. The van der Waals surface area contributed by atoms with Crippen molar-refractivity contribution in [1.82, 2.24) is 15.1 Å². The molecule has 2 rings (SSSR count). The van der Waals surface area contributed by atoms with Gasteiger partial charge in [-0.05, 0) is 19.3 Å². The summed E-state index contributed by atoms with van der Waals surface area (Å²) in [5.41, 5.74) is 6.81. The lowest BCUT2D eigenvalue weighted by Gasteiger charge is -2.38. The zero-order valence-corrected chi connectivity index (χ0v) is 11.9. The van der Waals surface area contributed by atoms with Gasteiger partial charge in [-0.25, -0.2) is 0 Å². The number of rotatable bonds is 5. The third-order valence-electron chi connectivity index (χ3n) is 4.01. The second-order valence-corrected chi connectivity index (χ2v) is 5.23. The molecule has 20 heavy (non-hydrogen) atoms. The average Bonchev–Trinajstić information content (AvgIpc) is 2.75. The second kappa shape index (κ2) is 5.52. The summed E-state index contributed by atoms with van der Waals surface area (Å²) in [5.74, 6) is -0.173. The number of nitrogens with one attached hydrogen (secondary N) is 1. The Hall–Kier alpha value is -2.05. The van der Waals surface area contributed by atoms with E-state index >= 15 is 0 Å². The van der Waals surface area contributed by atoms with E-state index in [0.29, 0.717) is 19.4 Å². The molecular weight excluding hydrogens is 258 g/mol. The van der Waals surface area contributed by atoms with Crippen LogP contribution in [0.5, 0.6) is 0 Å². The number of nitrogens with two attached hydrogens (primary N) is 1. The molecule has 4 N–H and O–H groups in total. The molecule has 1 aliphatic rings. The van der Waals surface area contributed by atoms with E-state index in [9.17, 15) is 4.79 Å². The summed E-state index contributed by atoms with van der Waals surface area (Å²) in [6.07, 6.45) is 4.88. The van der Waals surface area contributed by atoms with Crippen LogP contribution in [0.1, 0.15) is 37.4 Å². The Morgan fingerprint density at radius 3 is 2.85 bits per heavy atom. The van der Waals surface area contributed by atoms with E-state index in [1.807, 2.05) is 20.2 Å². The first-order chi connectivity index (χ1) is 9.53. The lowest BCUT2D eigenvalue weighted by Crippen LogP contribution is -2.53. The van der Waals surface area contributed by atoms with Gasteiger partial charge in [0.15, 0.2) is 5.84 Å². The number of hydrogen-bond donors (Lipinski definition) is 3. The third kappa shape index (κ3) is 2.35. The molecule has 7 heteroatoms. The summed E-state index contributed by atoms with van der Waals surface area (Å²) >= 11 is 0. The summed E-state index contributed by atoms with van der Waals surface area (Å²) in [5, 5.41) is 19.1. The van der Waals surface area contributed by atoms with Gasteiger partial charge in [0.25, 0.3) is 0 Å². The van der Waals surface area contributed by atoms with Gasteiger partial charge in [-0.3, -0.25) is 9.48 Å². The SMILES string of the molecule is CCc1nn(C)cc1CNC(=O)C1(/C(N)=N/O)CCC1. The lowest BCUT2D eigenvalue weighted by molar-refractivity contribution is -0.131. The Labute approximate surface area is 117 Å². The van der Waals surface area contributed by atoms with Gasteiger partial charge in [0.2, 0.25) is 5.91 Å². The van der Waals surface area contributed by atoms with Gasteiger partial charge in [0.1, 0.15) is 5.41 Å². The van der Waals surface area contributed by atoms with Crippen molar-refractivity contribution in [3.05, 3.63) is 17.5 Å². The zero-order chi connectivity index (χ0) is 14.8. The van der Waals surface area contributed by atoms with Crippen molar-refractivity contribution >= 4 is 11.7 Å². The minimum absolute atomic E-state index is 0.00292. The van der Waals surface area contributed by atoms with Crippen molar-refractivity contribution < 1.29 is 10.0 Å². The Bertz CT molecular complexity index is 531. The maximum atomic E-state index is 12.3. The fourth-order valence-corrected chi connectivity index (χ4v) is 2.60. The van der Waals surface area contributed by atoms with Gasteiger partial charge >= 0.3 is 0 Å². The molecule has 0 bridgehead atoms. The van der Waals surface area contributed by atoms with Gasteiger partial charge in [-0.2, -0.15) is 5.10 Å². The summed E-state index contributed by atoms with van der Waals surface area (Å²) in [7, 11) is 1.86. The number of aromatic nitrogens is 2. The van der Waals surface area contributed by atoms with Crippen molar-refractivity contribution in [3.63, 3.8) is 0 Å². The molecular formula is C13H21N5O2. The van der Waals surface area contributed by atoms with Gasteiger partial charge in [0, 0.05) is 25.4 Å². The van der Waals surface area contributed by atoms with Crippen LogP contribution in [0, 0.1) is 5.41 Å². The largest absolute Gasteiger partial charge is 0.409 e. The van der Waals surface area contributed by atoms with Gasteiger partial charge in [-0.1, -0.05) is 18.5 Å². The third-order valence-corrected chi connectivity index (χ3v) is 4.01. The van der Waals surface area contributed by atoms with E-state index in [1.54, 1.807) is 4.68 Å². The predicted octanol–water partition coefficient (Wildman–Crippen LogP) is 0.515. The molecule has 1 heterocycles. The van der Waals surface area contributed by atoms with Crippen LogP contribution in [0.4, 0.5) is 0 Å². The molecule has 110 valence electrons. The van der Waals surface area contributed by atoms with Crippen LogP contribution in [0.15, 0.2) is 11.4 Å². The fourth-order valence-electron chi connectivity index (χ4n) is 2.60. The number of carbonyl (C=O) groups excluding carboxylic acids is 1. The number of carbonyl (C=O) groups is 1. The van der Waals surface area contributed by atoms with Crippen LogP contribution in [-0.4, -0.2) is 26.7 Å². The van der Waals surface area contributed by atoms with Crippen molar-refractivity contribution in [2.45, 2.75) is 39.2 Å². The maximum Gasteiger partial charge on any atom is 0.234 e. The Kier molecular flexibility index (Phi) is 3.96. The van der Waals surface area contributed by atoms with Gasteiger partial charge < -0.3 is 16.3 Å². The molecule has 0 unspecified atom stereocenters. The summed E-state index contributed by atoms with van der Waals surface area (Å²) in [4.78, 5) is 12.3. The number of aryl methyl sites for hydroxylation is 2. The van der Waals surface area contributed by atoms with Crippen molar-refractivity contribution in [2.75, 3.05) is 0 Å². The smallest absolute Gasteiger partial charge is 0.234 e. The maximum absolute atomic E-state index is 12.3. The normalized spacial score (nSPS) is 17.6. The standard InChI is InChI=1S/C13H21N5O2/c1-3-10-9(8-18(2)16-10)7-15-12(19)13(5-4-6-13)11(14)17-20/h8,20H,3-7H2,1-2H3,(H2,14,17)(H,15,19). The summed E-state index contributed by atoms with van der Waals surface area (Å²) < 4.78 is 1.74. The van der Waals surface area contributed by atoms with Crippen molar-refractivity contribution in [2.24, 2.45) is 23.4 Å². The van der Waals surface area contributed by atoms with Gasteiger partial charge in [-0.15, -0.1) is 0 Å². The molecule has 1 fully saturated rings. The monoisotopic (exact) mass is 279 g/mol.